The molecule has 64 valence electrons. The van der Waals surface area contributed by atoms with Crippen molar-refractivity contribution in [1.82, 2.24) is 0 Å². The standard InChI is InChI=1S/C10H18O/c1-8(9(2)11)6-7-10-4-3-5-10/h8,10H,3-7H2,1-2H3. The van der Waals surface area contributed by atoms with Gasteiger partial charge in [0, 0.05) is 5.92 Å². The van der Waals surface area contributed by atoms with Gasteiger partial charge in [-0.15, -0.1) is 0 Å². The zero-order valence-electron chi connectivity index (χ0n) is 7.60. The molecule has 0 aromatic rings. The lowest BCUT2D eigenvalue weighted by molar-refractivity contribution is -0.120. The lowest BCUT2D eigenvalue weighted by atomic mass is 9.80. The average Bonchev–Trinajstić information content (AvgIpc) is 1.83. The van der Waals surface area contributed by atoms with Crippen LogP contribution in [-0.2, 0) is 4.79 Å². The van der Waals surface area contributed by atoms with Gasteiger partial charge in [0.1, 0.15) is 5.78 Å². The highest BCUT2D eigenvalue weighted by molar-refractivity contribution is 5.77. The Hall–Kier alpha value is -0.330. The molecule has 1 aliphatic carbocycles. The molecule has 11 heavy (non-hydrogen) atoms. The van der Waals surface area contributed by atoms with E-state index in [2.05, 4.69) is 0 Å². The van der Waals surface area contributed by atoms with E-state index >= 15 is 0 Å². The molecule has 0 N–H and O–H groups in total. The van der Waals surface area contributed by atoms with Crippen LogP contribution in [0, 0.1) is 11.8 Å². The third kappa shape index (κ3) is 2.64. The van der Waals surface area contributed by atoms with Gasteiger partial charge >= 0.3 is 0 Å². The predicted molar refractivity (Wildman–Crippen MR) is 46.4 cm³/mol. The highest BCUT2D eigenvalue weighted by Gasteiger charge is 2.18. The van der Waals surface area contributed by atoms with Gasteiger partial charge in [-0.2, -0.15) is 0 Å². The Balaban J connectivity index is 2.05. The van der Waals surface area contributed by atoms with Crippen molar-refractivity contribution in [2.75, 3.05) is 0 Å². The van der Waals surface area contributed by atoms with Gasteiger partial charge in [0.05, 0.1) is 0 Å². The quantitative estimate of drug-likeness (QED) is 0.608. The summed E-state index contributed by atoms with van der Waals surface area (Å²) >= 11 is 0. The Labute approximate surface area is 69.2 Å². The number of Topliss-reactive ketones (excluding diaryl/α,β-unsaturated/α-hetero) is 1. The van der Waals surface area contributed by atoms with Crippen LogP contribution in [0.1, 0.15) is 46.0 Å². The lowest BCUT2D eigenvalue weighted by Crippen LogP contribution is -2.14. The van der Waals surface area contributed by atoms with E-state index in [-0.39, 0.29) is 0 Å². The van der Waals surface area contributed by atoms with E-state index < -0.39 is 0 Å². The molecule has 0 amide bonds. The first kappa shape index (κ1) is 8.76. The predicted octanol–water partition coefficient (Wildman–Crippen LogP) is 2.79. The topological polar surface area (TPSA) is 17.1 Å². The third-order valence-electron chi connectivity index (χ3n) is 2.93. The minimum Gasteiger partial charge on any atom is -0.300 e. The summed E-state index contributed by atoms with van der Waals surface area (Å²) in [4.78, 5) is 10.9. The SMILES string of the molecule is CC(=O)C(C)CCC1CCC1. The second-order valence-electron chi connectivity index (χ2n) is 3.89. The van der Waals surface area contributed by atoms with Crippen LogP contribution in [0.5, 0.6) is 0 Å². The summed E-state index contributed by atoms with van der Waals surface area (Å²) in [6, 6.07) is 0. The molecular weight excluding hydrogens is 136 g/mol. The first-order chi connectivity index (χ1) is 5.20. The summed E-state index contributed by atoms with van der Waals surface area (Å²) < 4.78 is 0. The van der Waals surface area contributed by atoms with Crippen molar-refractivity contribution in [1.29, 1.82) is 0 Å². The molecule has 0 bridgehead atoms. The Kier molecular flexibility index (Phi) is 3.10. The zero-order valence-corrected chi connectivity index (χ0v) is 7.60. The molecule has 1 nitrogen and oxygen atoms in total. The van der Waals surface area contributed by atoms with Gasteiger partial charge in [-0.05, 0) is 25.7 Å². The highest BCUT2D eigenvalue weighted by atomic mass is 16.1. The number of hydrogen-bond donors (Lipinski definition) is 0. The van der Waals surface area contributed by atoms with Crippen molar-refractivity contribution in [2.45, 2.75) is 46.0 Å². The first-order valence-corrected chi connectivity index (χ1v) is 4.70. The number of carbonyl (C=O) groups excluding carboxylic acids is 1. The van der Waals surface area contributed by atoms with Crippen LogP contribution in [-0.4, -0.2) is 5.78 Å². The molecule has 1 unspecified atom stereocenters. The maximum Gasteiger partial charge on any atom is 0.132 e. The van der Waals surface area contributed by atoms with Crippen LogP contribution in [0.4, 0.5) is 0 Å². The van der Waals surface area contributed by atoms with E-state index in [4.69, 9.17) is 0 Å². The van der Waals surface area contributed by atoms with E-state index in [0.717, 1.165) is 12.3 Å². The summed E-state index contributed by atoms with van der Waals surface area (Å²) in [7, 11) is 0. The van der Waals surface area contributed by atoms with Crippen molar-refractivity contribution < 1.29 is 4.79 Å². The fraction of sp³-hybridized carbons (Fsp3) is 0.900. The summed E-state index contributed by atoms with van der Waals surface area (Å²) in [6.45, 7) is 3.74. The second-order valence-corrected chi connectivity index (χ2v) is 3.89. The van der Waals surface area contributed by atoms with Crippen molar-refractivity contribution in [3.05, 3.63) is 0 Å². The van der Waals surface area contributed by atoms with Gasteiger partial charge in [-0.3, -0.25) is 4.79 Å². The summed E-state index contributed by atoms with van der Waals surface area (Å²) in [5, 5.41) is 0. The van der Waals surface area contributed by atoms with Gasteiger partial charge in [-0.1, -0.05) is 26.2 Å². The van der Waals surface area contributed by atoms with Crippen LogP contribution in [0.3, 0.4) is 0 Å². The van der Waals surface area contributed by atoms with E-state index in [1.807, 2.05) is 6.92 Å². The van der Waals surface area contributed by atoms with Crippen molar-refractivity contribution >= 4 is 5.78 Å². The summed E-state index contributed by atoms with van der Waals surface area (Å²) in [6.07, 6.45) is 6.62. The van der Waals surface area contributed by atoms with E-state index in [0.29, 0.717) is 11.7 Å². The summed E-state index contributed by atoms with van der Waals surface area (Å²) in [5.74, 6) is 1.61. The molecule has 1 fully saturated rings. The number of ketones is 1. The maximum absolute atomic E-state index is 10.9. The van der Waals surface area contributed by atoms with Gasteiger partial charge in [-0.25, -0.2) is 0 Å². The Bertz CT molecular complexity index is 136. The molecule has 1 atom stereocenters. The lowest BCUT2D eigenvalue weighted by Gasteiger charge is -2.25. The molecular formula is C10H18O. The van der Waals surface area contributed by atoms with E-state index in [1.165, 1.54) is 25.7 Å². The Morgan fingerprint density at radius 3 is 2.55 bits per heavy atom. The van der Waals surface area contributed by atoms with Crippen molar-refractivity contribution in [3.8, 4) is 0 Å². The van der Waals surface area contributed by atoms with Crippen LogP contribution < -0.4 is 0 Å². The minimum absolute atomic E-state index is 0.301. The number of carbonyl (C=O) groups is 1. The molecule has 0 aliphatic heterocycles. The van der Waals surface area contributed by atoms with Gasteiger partial charge in [0.25, 0.3) is 0 Å². The molecule has 1 rings (SSSR count). The summed E-state index contributed by atoms with van der Waals surface area (Å²) in [5.41, 5.74) is 0. The number of rotatable bonds is 4. The second kappa shape index (κ2) is 3.89. The van der Waals surface area contributed by atoms with Crippen LogP contribution >= 0.6 is 0 Å². The van der Waals surface area contributed by atoms with Crippen LogP contribution in [0.15, 0.2) is 0 Å². The van der Waals surface area contributed by atoms with E-state index in [1.54, 1.807) is 6.92 Å². The van der Waals surface area contributed by atoms with Crippen molar-refractivity contribution in [2.24, 2.45) is 11.8 Å². The van der Waals surface area contributed by atoms with Crippen molar-refractivity contribution in [3.63, 3.8) is 0 Å². The average molecular weight is 154 g/mol. The molecule has 1 saturated carbocycles. The number of hydrogen-bond acceptors (Lipinski definition) is 1. The van der Waals surface area contributed by atoms with Crippen LogP contribution in [0.2, 0.25) is 0 Å². The fourth-order valence-electron chi connectivity index (χ4n) is 1.47. The Morgan fingerprint density at radius 1 is 1.55 bits per heavy atom. The molecule has 0 aromatic heterocycles. The third-order valence-corrected chi connectivity index (χ3v) is 2.93. The molecule has 1 heteroatoms. The largest absolute Gasteiger partial charge is 0.300 e. The Morgan fingerprint density at radius 2 is 2.18 bits per heavy atom. The molecule has 0 saturated heterocycles. The highest BCUT2D eigenvalue weighted by Crippen LogP contribution is 2.31. The van der Waals surface area contributed by atoms with E-state index in [9.17, 15) is 4.79 Å². The zero-order chi connectivity index (χ0) is 8.27. The maximum atomic E-state index is 10.9. The molecule has 0 heterocycles. The minimum atomic E-state index is 0.301. The van der Waals surface area contributed by atoms with Gasteiger partial charge < -0.3 is 0 Å². The fourth-order valence-corrected chi connectivity index (χ4v) is 1.47. The monoisotopic (exact) mass is 154 g/mol. The smallest absolute Gasteiger partial charge is 0.132 e. The van der Waals surface area contributed by atoms with Gasteiger partial charge in [0.2, 0.25) is 0 Å². The first-order valence-electron chi connectivity index (χ1n) is 4.70. The van der Waals surface area contributed by atoms with Crippen LogP contribution in [0.25, 0.3) is 0 Å². The molecule has 0 aromatic carbocycles. The normalized spacial score (nSPS) is 20.9. The molecule has 0 radical (unpaired) electrons. The molecule has 1 aliphatic rings. The van der Waals surface area contributed by atoms with Gasteiger partial charge in [0.15, 0.2) is 0 Å². The molecule has 0 spiro atoms.